The van der Waals surface area contributed by atoms with E-state index in [0.29, 0.717) is 18.1 Å². The summed E-state index contributed by atoms with van der Waals surface area (Å²) >= 11 is 0. The van der Waals surface area contributed by atoms with E-state index in [0.717, 1.165) is 19.6 Å². The molecule has 0 spiro atoms. The third-order valence-corrected chi connectivity index (χ3v) is 4.66. The van der Waals surface area contributed by atoms with Crippen molar-refractivity contribution in [2.45, 2.75) is 51.7 Å². The third kappa shape index (κ3) is 4.71. The summed E-state index contributed by atoms with van der Waals surface area (Å²) in [5.41, 5.74) is 0. The molecule has 0 bridgehead atoms. The molecule has 2 rings (SSSR count). The molecule has 4 heteroatoms. The summed E-state index contributed by atoms with van der Waals surface area (Å²) in [5, 5.41) is 7.22. The second-order valence-electron chi connectivity index (χ2n) is 6.47. The predicted octanol–water partition coefficient (Wildman–Crippen LogP) is 0.743. The van der Waals surface area contributed by atoms with Crippen LogP contribution in [0.2, 0.25) is 0 Å². The lowest BCUT2D eigenvalue weighted by Gasteiger charge is -2.38. The van der Waals surface area contributed by atoms with Crippen molar-refractivity contribution in [1.82, 2.24) is 20.4 Å². The summed E-state index contributed by atoms with van der Waals surface area (Å²) in [7, 11) is 0. The standard InChI is InChI=1S/C15H32N4/c1-13(2)19-8-4-5-15(12-19)17-11-14(3)18-9-6-16-7-10-18/h13-17H,4-12H2,1-3H3/t14?,15-/m1/s1. The quantitative estimate of drug-likeness (QED) is 0.770. The first-order valence-corrected chi connectivity index (χ1v) is 8.09. The molecule has 112 valence electrons. The van der Waals surface area contributed by atoms with E-state index in [2.05, 4.69) is 41.2 Å². The number of hydrogen-bond acceptors (Lipinski definition) is 4. The van der Waals surface area contributed by atoms with Crippen molar-refractivity contribution in [2.24, 2.45) is 0 Å². The maximum Gasteiger partial charge on any atom is 0.0196 e. The van der Waals surface area contributed by atoms with Crippen molar-refractivity contribution in [3.63, 3.8) is 0 Å². The van der Waals surface area contributed by atoms with Gasteiger partial charge in [-0.1, -0.05) is 0 Å². The summed E-state index contributed by atoms with van der Waals surface area (Å²) < 4.78 is 0. The highest BCUT2D eigenvalue weighted by molar-refractivity contribution is 4.82. The van der Waals surface area contributed by atoms with Gasteiger partial charge in [0, 0.05) is 57.4 Å². The molecule has 19 heavy (non-hydrogen) atoms. The summed E-state index contributed by atoms with van der Waals surface area (Å²) in [6, 6.07) is 2.05. The zero-order valence-corrected chi connectivity index (χ0v) is 13.0. The summed E-state index contributed by atoms with van der Waals surface area (Å²) in [6.07, 6.45) is 2.69. The fourth-order valence-corrected chi connectivity index (χ4v) is 3.23. The molecule has 2 fully saturated rings. The average Bonchev–Trinajstić information content (AvgIpc) is 2.46. The topological polar surface area (TPSA) is 30.5 Å². The molecule has 2 saturated heterocycles. The molecule has 0 amide bonds. The largest absolute Gasteiger partial charge is 0.314 e. The van der Waals surface area contributed by atoms with E-state index >= 15 is 0 Å². The van der Waals surface area contributed by atoms with Crippen LogP contribution in [0, 0.1) is 0 Å². The number of hydrogen-bond donors (Lipinski definition) is 2. The first kappa shape index (κ1) is 15.2. The van der Waals surface area contributed by atoms with Crippen LogP contribution in [-0.2, 0) is 0 Å². The lowest BCUT2D eigenvalue weighted by Crippen LogP contribution is -2.53. The Labute approximate surface area is 118 Å². The average molecular weight is 268 g/mol. The zero-order chi connectivity index (χ0) is 13.7. The number of nitrogens with one attached hydrogen (secondary N) is 2. The molecule has 0 aromatic rings. The molecule has 0 aromatic carbocycles. The number of likely N-dealkylation sites (tertiary alicyclic amines) is 1. The lowest BCUT2D eigenvalue weighted by molar-refractivity contribution is 0.139. The van der Waals surface area contributed by atoms with Crippen LogP contribution in [0.5, 0.6) is 0 Å². The summed E-state index contributed by atoms with van der Waals surface area (Å²) in [4.78, 5) is 5.21. The van der Waals surface area contributed by atoms with Gasteiger partial charge in [0.2, 0.25) is 0 Å². The fraction of sp³-hybridized carbons (Fsp3) is 1.00. The van der Waals surface area contributed by atoms with Gasteiger partial charge in [-0.25, -0.2) is 0 Å². The van der Waals surface area contributed by atoms with Crippen LogP contribution in [0.3, 0.4) is 0 Å². The van der Waals surface area contributed by atoms with E-state index in [1.165, 1.54) is 39.0 Å². The van der Waals surface area contributed by atoms with E-state index in [9.17, 15) is 0 Å². The zero-order valence-electron chi connectivity index (χ0n) is 13.0. The molecule has 4 nitrogen and oxygen atoms in total. The van der Waals surface area contributed by atoms with Crippen molar-refractivity contribution >= 4 is 0 Å². The summed E-state index contributed by atoms with van der Waals surface area (Å²) in [5.74, 6) is 0. The molecule has 2 aliphatic rings. The van der Waals surface area contributed by atoms with Gasteiger partial charge in [-0.15, -0.1) is 0 Å². The highest BCUT2D eigenvalue weighted by atomic mass is 15.2. The minimum absolute atomic E-state index is 0.663. The highest BCUT2D eigenvalue weighted by Crippen LogP contribution is 2.13. The lowest BCUT2D eigenvalue weighted by atomic mass is 10.0. The minimum atomic E-state index is 0.663. The molecule has 0 aliphatic carbocycles. The van der Waals surface area contributed by atoms with Gasteiger partial charge in [-0.2, -0.15) is 0 Å². The van der Waals surface area contributed by atoms with Gasteiger partial charge in [0.25, 0.3) is 0 Å². The molecule has 2 atom stereocenters. The van der Waals surface area contributed by atoms with Crippen molar-refractivity contribution in [1.29, 1.82) is 0 Å². The van der Waals surface area contributed by atoms with E-state index in [1.807, 2.05) is 0 Å². The predicted molar refractivity (Wildman–Crippen MR) is 81.6 cm³/mol. The maximum absolute atomic E-state index is 3.80. The Bertz CT molecular complexity index is 251. The minimum Gasteiger partial charge on any atom is -0.314 e. The Balaban J connectivity index is 1.69. The van der Waals surface area contributed by atoms with Gasteiger partial charge in [-0.3, -0.25) is 9.80 Å². The Morgan fingerprint density at radius 1 is 1.11 bits per heavy atom. The van der Waals surface area contributed by atoms with Gasteiger partial charge in [-0.05, 0) is 40.2 Å². The van der Waals surface area contributed by atoms with Crippen molar-refractivity contribution in [3.8, 4) is 0 Å². The van der Waals surface area contributed by atoms with Crippen LogP contribution in [0.1, 0.15) is 33.6 Å². The maximum atomic E-state index is 3.80. The molecule has 2 heterocycles. The van der Waals surface area contributed by atoms with Crippen molar-refractivity contribution in [2.75, 3.05) is 45.8 Å². The van der Waals surface area contributed by atoms with Gasteiger partial charge in [0.15, 0.2) is 0 Å². The number of rotatable bonds is 5. The number of piperidine rings is 1. The Morgan fingerprint density at radius 3 is 2.53 bits per heavy atom. The van der Waals surface area contributed by atoms with Crippen LogP contribution in [-0.4, -0.2) is 73.7 Å². The molecule has 2 N–H and O–H groups in total. The van der Waals surface area contributed by atoms with Crippen molar-refractivity contribution < 1.29 is 0 Å². The van der Waals surface area contributed by atoms with Crippen molar-refractivity contribution in [3.05, 3.63) is 0 Å². The number of piperazine rings is 1. The Morgan fingerprint density at radius 2 is 1.84 bits per heavy atom. The number of nitrogens with zero attached hydrogens (tertiary/aromatic N) is 2. The van der Waals surface area contributed by atoms with Gasteiger partial charge in [0.05, 0.1) is 0 Å². The Hall–Kier alpha value is -0.160. The van der Waals surface area contributed by atoms with E-state index < -0.39 is 0 Å². The van der Waals surface area contributed by atoms with E-state index in [4.69, 9.17) is 0 Å². The van der Waals surface area contributed by atoms with Crippen LogP contribution in [0.4, 0.5) is 0 Å². The molecular weight excluding hydrogens is 236 g/mol. The first-order valence-electron chi connectivity index (χ1n) is 8.09. The van der Waals surface area contributed by atoms with Crippen LogP contribution in [0.15, 0.2) is 0 Å². The molecule has 2 aliphatic heterocycles. The highest BCUT2D eigenvalue weighted by Gasteiger charge is 2.22. The summed E-state index contributed by atoms with van der Waals surface area (Å²) in [6.45, 7) is 15.3. The molecule has 0 aromatic heterocycles. The van der Waals surface area contributed by atoms with Crippen LogP contribution in [0.25, 0.3) is 0 Å². The third-order valence-electron chi connectivity index (χ3n) is 4.66. The van der Waals surface area contributed by atoms with Crippen LogP contribution >= 0.6 is 0 Å². The van der Waals surface area contributed by atoms with E-state index in [1.54, 1.807) is 0 Å². The SMILES string of the molecule is CC(C)N1CCC[C@@H](NCC(C)N2CCNCC2)C1. The molecule has 1 unspecified atom stereocenters. The normalized spacial score (nSPS) is 28.7. The second kappa shape index (κ2) is 7.58. The smallest absolute Gasteiger partial charge is 0.0196 e. The molecule has 0 radical (unpaired) electrons. The van der Waals surface area contributed by atoms with E-state index in [-0.39, 0.29) is 0 Å². The van der Waals surface area contributed by atoms with Gasteiger partial charge >= 0.3 is 0 Å². The molecular formula is C15H32N4. The van der Waals surface area contributed by atoms with Crippen LogP contribution < -0.4 is 10.6 Å². The monoisotopic (exact) mass is 268 g/mol. The Kier molecular flexibility index (Phi) is 6.07. The fourth-order valence-electron chi connectivity index (χ4n) is 3.23. The van der Waals surface area contributed by atoms with Gasteiger partial charge < -0.3 is 10.6 Å². The van der Waals surface area contributed by atoms with Gasteiger partial charge in [0.1, 0.15) is 0 Å². The first-order chi connectivity index (χ1) is 9.16. The second-order valence-corrected chi connectivity index (χ2v) is 6.47. The molecule has 0 saturated carbocycles.